The molecule has 2 aromatic rings. The van der Waals surface area contributed by atoms with E-state index in [0.717, 1.165) is 5.56 Å². The third-order valence-electron chi connectivity index (χ3n) is 3.56. The van der Waals surface area contributed by atoms with Crippen molar-refractivity contribution >= 4 is 15.9 Å². The Morgan fingerprint density at radius 1 is 1.15 bits per heavy atom. The zero-order valence-corrected chi connectivity index (χ0v) is 12.8. The number of rotatable bonds is 4. The zero-order chi connectivity index (χ0) is 14.8. The summed E-state index contributed by atoms with van der Waals surface area (Å²) in [6, 6.07) is 11.0. The van der Waals surface area contributed by atoms with Crippen LogP contribution in [0, 0.1) is 11.6 Å². The number of halogens is 3. The summed E-state index contributed by atoms with van der Waals surface area (Å²) in [5, 5.41) is 0. The molecule has 0 heterocycles. The molecule has 4 heteroatoms. The average molecular weight is 340 g/mol. The fourth-order valence-corrected chi connectivity index (χ4v) is 2.77. The summed E-state index contributed by atoms with van der Waals surface area (Å²) in [6.07, 6.45) is 1.02. The first-order valence-corrected chi connectivity index (χ1v) is 7.23. The molecule has 0 radical (unpaired) electrons. The Kier molecular flexibility index (Phi) is 4.55. The Hall–Kier alpha value is -1.26. The topological polar surface area (TPSA) is 26.0 Å². The molecule has 0 saturated heterocycles. The molecule has 0 aromatic heterocycles. The predicted molar refractivity (Wildman–Crippen MR) is 80.4 cm³/mol. The van der Waals surface area contributed by atoms with E-state index in [1.807, 2.05) is 6.92 Å². The third-order valence-corrected chi connectivity index (χ3v) is 4.30. The van der Waals surface area contributed by atoms with Crippen LogP contribution in [0.25, 0.3) is 0 Å². The molecule has 1 atom stereocenters. The van der Waals surface area contributed by atoms with Crippen LogP contribution < -0.4 is 5.73 Å². The van der Waals surface area contributed by atoms with Gasteiger partial charge in [-0.3, -0.25) is 0 Å². The molecule has 1 nitrogen and oxygen atoms in total. The average Bonchev–Trinajstić information content (AvgIpc) is 2.42. The molecule has 0 bridgehead atoms. The van der Waals surface area contributed by atoms with Crippen molar-refractivity contribution in [1.29, 1.82) is 0 Å². The molecule has 0 aliphatic heterocycles. The first-order valence-electron chi connectivity index (χ1n) is 6.44. The van der Waals surface area contributed by atoms with Crippen LogP contribution in [0.5, 0.6) is 0 Å². The minimum Gasteiger partial charge on any atom is -0.321 e. The van der Waals surface area contributed by atoms with Gasteiger partial charge in [0.25, 0.3) is 0 Å². The highest BCUT2D eigenvalue weighted by molar-refractivity contribution is 9.10. The van der Waals surface area contributed by atoms with Gasteiger partial charge in [0.05, 0.1) is 0 Å². The van der Waals surface area contributed by atoms with E-state index in [9.17, 15) is 8.78 Å². The van der Waals surface area contributed by atoms with E-state index in [-0.39, 0.29) is 11.6 Å². The number of hydrogen-bond acceptors (Lipinski definition) is 1. The Bertz CT molecular complexity index is 615. The summed E-state index contributed by atoms with van der Waals surface area (Å²) >= 11 is 3.33. The monoisotopic (exact) mass is 339 g/mol. The molecule has 1 unspecified atom stereocenters. The van der Waals surface area contributed by atoms with E-state index in [1.54, 1.807) is 24.3 Å². The standard InChI is InChI=1S/C16H16BrF2N/c1-2-16(20,13-5-3-4-6-15(13)19)10-11-7-8-12(18)9-14(11)17/h3-9H,2,10,20H2,1H3. The van der Waals surface area contributed by atoms with Crippen LogP contribution >= 0.6 is 15.9 Å². The van der Waals surface area contributed by atoms with Gasteiger partial charge in [0.2, 0.25) is 0 Å². The smallest absolute Gasteiger partial charge is 0.128 e. The SMILES string of the molecule is CCC(N)(Cc1ccc(F)cc1Br)c1ccccc1F. The van der Waals surface area contributed by atoms with Gasteiger partial charge in [-0.05, 0) is 36.6 Å². The van der Waals surface area contributed by atoms with Gasteiger partial charge in [-0.1, -0.05) is 47.1 Å². The van der Waals surface area contributed by atoms with Crippen molar-refractivity contribution in [2.75, 3.05) is 0 Å². The summed E-state index contributed by atoms with van der Waals surface area (Å²) in [7, 11) is 0. The van der Waals surface area contributed by atoms with E-state index in [2.05, 4.69) is 15.9 Å². The Morgan fingerprint density at radius 3 is 2.45 bits per heavy atom. The van der Waals surface area contributed by atoms with Gasteiger partial charge in [-0.2, -0.15) is 0 Å². The van der Waals surface area contributed by atoms with Gasteiger partial charge >= 0.3 is 0 Å². The maximum absolute atomic E-state index is 14.0. The van der Waals surface area contributed by atoms with Crippen molar-refractivity contribution in [3.05, 3.63) is 69.7 Å². The van der Waals surface area contributed by atoms with Crippen molar-refractivity contribution < 1.29 is 8.78 Å². The van der Waals surface area contributed by atoms with Gasteiger partial charge in [-0.15, -0.1) is 0 Å². The largest absolute Gasteiger partial charge is 0.321 e. The molecule has 2 aromatic carbocycles. The van der Waals surface area contributed by atoms with Crippen LogP contribution in [-0.4, -0.2) is 0 Å². The highest BCUT2D eigenvalue weighted by Gasteiger charge is 2.29. The molecule has 0 saturated carbocycles. The molecule has 0 aliphatic rings. The molecule has 0 amide bonds. The third kappa shape index (κ3) is 3.07. The number of nitrogens with two attached hydrogens (primary N) is 1. The maximum atomic E-state index is 14.0. The van der Waals surface area contributed by atoms with Crippen LogP contribution in [0.4, 0.5) is 8.78 Å². The molecule has 0 fully saturated rings. The number of benzene rings is 2. The van der Waals surface area contributed by atoms with E-state index < -0.39 is 5.54 Å². The summed E-state index contributed by atoms with van der Waals surface area (Å²) in [6.45, 7) is 1.92. The van der Waals surface area contributed by atoms with Crippen molar-refractivity contribution in [3.8, 4) is 0 Å². The summed E-state index contributed by atoms with van der Waals surface area (Å²) in [5.41, 5.74) is 6.94. The second-order valence-corrected chi connectivity index (χ2v) is 5.76. The van der Waals surface area contributed by atoms with E-state index in [4.69, 9.17) is 5.73 Å². The van der Waals surface area contributed by atoms with Crippen molar-refractivity contribution in [2.24, 2.45) is 5.73 Å². The molecule has 106 valence electrons. The molecule has 20 heavy (non-hydrogen) atoms. The molecule has 0 aliphatic carbocycles. The summed E-state index contributed by atoms with van der Waals surface area (Å²) in [5.74, 6) is -0.624. The van der Waals surface area contributed by atoms with Crippen LogP contribution in [0.3, 0.4) is 0 Å². The molecule has 0 spiro atoms. The highest BCUT2D eigenvalue weighted by Crippen LogP contribution is 2.31. The van der Waals surface area contributed by atoms with Gasteiger partial charge in [-0.25, -0.2) is 8.78 Å². The van der Waals surface area contributed by atoms with Gasteiger partial charge in [0, 0.05) is 15.6 Å². The van der Waals surface area contributed by atoms with Crippen molar-refractivity contribution in [3.63, 3.8) is 0 Å². The first kappa shape index (κ1) is 15.1. The Labute approximate surface area is 125 Å². The van der Waals surface area contributed by atoms with E-state index >= 15 is 0 Å². The van der Waals surface area contributed by atoms with Gasteiger partial charge < -0.3 is 5.73 Å². The van der Waals surface area contributed by atoms with Crippen molar-refractivity contribution in [2.45, 2.75) is 25.3 Å². The van der Waals surface area contributed by atoms with Crippen molar-refractivity contribution in [1.82, 2.24) is 0 Å². The second-order valence-electron chi connectivity index (χ2n) is 4.90. The second kappa shape index (κ2) is 6.02. The maximum Gasteiger partial charge on any atom is 0.128 e. The first-order chi connectivity index (χ1) is 9.46. The van der Waals surface area contributed by atoms with Crippen LogP contribution in [0.2, 0.25) is 0 Å². The minimum absolute atomic E-state index is 0.310. The van der Waals surface area contributed by atoms with Crippen LogP contribution in [0.15, 0.2) is 46.9 Å². The van der Waals surface area contributed by atoms with E-state index in [0.29, 0.717) is 22.9 Å². The lowest BCUT2D eigenvalue weighted by molar-refractivity contribution is 0.402. The molecule has 2 N–H and O–H groups in total. The zero-order valence-electron chi connectivity index (χ0n) is 11.2. The molecular formula is C16H16BrF2N. The minimum atomic E-state index is -0.814. The van der Waals surface area contributed by atoms with E-state index in [1.165, 1.54) is 18.2 Å². The Morgan fingerprint density at radius 2 is 1.85 bits per heavy atom. The van der Waals surface area contributed by atoms with Gasteiger partial charge in [0.1, 0.15) is 11.6 Å². The molecular weight excluding hydrogens is 324 g/mol. The lowest BCUT2D eigenvalue weighted by atomic mass is 9.82. The van der Waals surface area contributed by atoms with Gasteiger partial charge in [0.15, 0.2) is 0 Å². The fraction of sp³-hybridized carbons (Fsp3) is 0.250. The van der Waals surface area contributed by atoms with Crippen LogP contribution in [-0.2, 0) is 12.0 Å². The summed E-state index contributed by atoms with van der Waals surface area (Å²) < 4.78 is 27.8. The predicted octanol–water partition coefficient (Wildman–Crippen LogP) is 4.53. The normalized spacial score (nSPS) is 14.1. The van der Waals surface area contributed by atoms with Crippen LogP contribution in [0.1, 0.15) is 24.5 Å². The molecule has 2 rings (SSSR count). The lowest BCUT2D eigenvalue weighted by Gasteiger charge is -2.30. The quantitative estimate of drug-likeness (QED) is 0.869. The number of hydrogen-bond donors (Lipinski definition) is 1. The lowest BCUT2D eigenvalue weighted by Crippen LogP contribution is -2.39. The Balaban J connectivity index is 2.39. The summed E-state index contributed by atoms with van der Waals surface area (Å²) in [4.78, 5) is 0. The highest BCUT2D eigenvalue weighted by atomic mass is 79.9. The fourth-order valence-electron chi connectivity index (χ4n) is 2.28.